The molecule has 5 heteroatoms. The standard InChI is InChI=1S/C19H23NO3S/c1-24(22,23)13-12-19(21)20-15-18(17-10-6-3-7-11-17)14-16-8-4-2-5-9-16/h2-11,18H,12-15H2,1H3,(H,20,21). The largest absolute Gasteiger partial charge is 0.355 e. The van der Waals surface area contributed by atoms with Crippen molar-refractivity contribution in [1.29, 1.82) is 0 Å². The van der Waals surface area contributed by atoms with Crippen molar-refractivity contribution in [3.63, 3.8) is 0 Å². The average Bonchev–Trinajstić information content (AvgIpc) is 2.58. The molecule has 0 fully saturated rings. The summed E-state index contributed by atoms with van der Waals surface area (Å²) in [6, 6.07) is 20.2. The quantitative estimate of drug-likeness (QED) is 0.800. The van der Waals surface area contributed by atoms with Gasteiger partial charge in [-0.3, -0.25) is 4.79 Å². The van der Waals surface area contributed by atoms with Crippen LogP contribution in [-0.4, -0.2) is 32.9 Å². The molecule has 0 heterocycles. The first kappa shape index (κ1) is 18.2. The Morgan fingerprint density at radius 2 is 1.58 bits per heavy atom. The van der Waals surface area contributed by atoms with Crippen molar-refractivity contribution in [2.75, 3.05) is 18.6 Å². The van der Waals surface area contributed by atoms with Gasteiger partial charge < -0.3 is 5.32 Å². The molecule has 4 nitrogen and oxygen atoms in total. The zero-order chi connectivity index (χ0) is 17.4. The van der Waals surface area contributed by atoms with Crippen LogP contribution in [-0.2, 0) is 21.1 Å². The Labute approximate surface area is 143 Å². The third kappa shape index (κ3) is 6.54. The molecule has 2 aromatic carbocycles. The van der Waals surface area contributed by atoms with Crippen molar-refractivity contribution in [2.45, 2.75) is 18.8 Å². The number of amides is 1. The molecule has 0 aromatic heterocycles. The summed E-state index contributed by atoms with van der Waals surface area (Å²) >= 11 is 0. The summed E-state index contributed by atoms with van der Waals surface area (Å²) in [5.41, 5.74) is 2.36. The van der Waals surface area contributed by atoms with Crippen LogP contribution in [0.2, 0.25) is 0 Å². The summed E-state index contributed by atoms with van der Waals surface area (Å²) in [6.07, 6.45) is 1.96. The van der Waals surface area contributed by atoms with Crippen LogP contribution < -0.4 is 5.32 Å². The Morgan fingerprint density at radius 3 is 2.17 bits per heavy atom. The predicted octanol–water partition coefficient (Wildman–Crippen LogP) is 2.56. The molecular formula is C19H23NO3S. The second-order valence-corrected chi connectivity index (χ2v) is 8.24. The van der Waals surface area contributed by atoms with Gasteiger partial charge in [-0.05, 0) is 17.5 Å². The third-order valence-electron chi connectivity index (χ3n) is 3.84. The monoisotopic (exact) mass is 345 g/mol. The molecule has 1 amide bonds. The molecule has 0 aliphatic carbocycles. The highest BCUT2D eigenvalue weighted by Gasteiger charge is 2.14. The van der Waals surface area contributed by atoms with Gasteiger partial charge in [0.1, 0.15) is 9.84 Å². The zero-order valence-corrected chi connectivity index (χ0v) is 14.6. The van der Waals surface area contributed by atoms with Crippen molar-refractivity contribution in [2.24, 2.45) is 0 Å². The summed E-state index contributed by atoms with van der Waals surface area (Å²) in [4.78, 5) is 11.9. The molecule has 2 rings (SSSR count). The van der Waals surface area contributed by atoms with Crippen molar-refractivity contribution in [3.8, 4) is 0 Å². The van der Waals surface area contributed by atoms with E-state index in [9.17, 15) is 13.2 Å². The molecule has 1 N–H and O–H groups in total. The maximum Gasteiger partial charge on any atom is 0.221 e. The highest BCUT2D eigenvalue weighted by Crippen LogP contribution is 2.20. The predicted molar refractivity (Wildman–Crippen MR) is 96.7 cm³/mol. The first-order valence-electron chi connectivity index (χ1n) is 7.97. The van der Waals surface area contributed by atoms with E-state index in [1.54, 1.807) is 0 Å². The summed E-state index contributed by atoms with van der Waals surface area (Å²) < 4.78 is 22.3. The van der Waals surface area contributed by atoms with Crippen LogP contribution in [0, 0.1) is 0 Å². The van der Waals surface area contributed by atoms with Gasteiger partial charge in [-0.2, -0.15) is 0 Å². The van der Waals surface area contributed by atoms with Crippen molar-refractivity contribution in [3.05, 3.63) is 71.8 Å². The molecule has 1 unspecified atom stereocenters. The van der Waals surface area contributed by atoms with Gasteiger partial charge in [-0.25, -0.2) is 8.42 Å². The summed E-state index contributed by atoms with van der Waals surface area (Å²) in [6.45, 7) is 0.488. The number of benzene rings is 2. The number of nitrogens with one attached hydrogen (secondary N) is 1. The third-order valence-corrected chi connectivity index (χ3v) is 4.79. The molecule has 0 bridgehead atoms. The van der Waals surface area contributed by atoms with Crippen LogP contribution in [0.3, 0.4) is 0 Å². The Balaban J connectivity index is 2.00. The van der Waals surface area contributed by atoms with E-state index >= 15 is 0 Å². The summed E-state index contributed by atoms with van der Waals surface area (Å²) in [5, 5.41) is 2.87. The molecule has 2 aromatic rings. The van der Waals surface area contributed by atoms with Gasteiger partial charge in [-0.1, -0.05) is 60.7 Å². The minimum Gasteiger partial charge on any atom is -0.355 e. The molecular weight excluding hydrogens is 322 g/mol. The van der Waals surface area contributed by atoms with E-state index in [1.165, 1.54) is 5.56 Å². The second-order valence-electron chi connectivity index (χ2n) is 5.98. The Morgan fingerprint density at radius 1 is 1.00 bits per heavy atom. The Hall–Kier alpha value is -2.14. The topological polar surface area (TPSA) is 63.2 Å². The van der Waals surface area contributed by atoms with Gasteiger partial charge in [0.05, 0.1) is 5.75 Å². The van der Waals surface area contributed by atoms with Gasteiger partial charge >= 0.3 is 0 Å². The molecule has 128 valence electrons. The summed E-state index contributed by atoms with van der Waals surface area (Å²) in [5.74, 6) is -0.196. The fraction of sp³-hybridized carbons (Fsp3) is 0.316. The Kier molecular flexibility index (Phi) is 6.55. The van der Waals surface area contributed by atoms with Crippen molar-refractivity contribution in [1.82, 2.24) is 5.32 Å². The lowest BCUT2D eigenvalue weighted by Gasteiger charge is -2.18. The van der Waals surface area contributed by atoms with E-state index in [0.717, 1.165) is 18.2 Å². The number of rotatable bonds is 8. The zero-order valence-electron chi connectivity index (χ0n) is 13.8. The van der Waals surface area contributed by atoms with Gasteiger partial charge in [0.2, 0.25) is 5.91 Å². The van der Waals surface area contributed by atoms with Crippen molar-refractivity contribution < 1.29 is 13.2 Å². The SMILES string of the molecule is CS(=O)(=O)CCC(=O)NCC(Cc1ccccc1)c1ccccc1. The van der Waals surface area contributed by atoms with Gasteiger partial charge in [0.15, 0.2) is 0 Å². The van der Waals surface area contributed by atoms with Crippen LogP contribution >= 0.6 is 0 Å². The van der Waals surface area contributed by atoms with Gasteiger partial charge in [0.25, 0.3) is 0 Å². The smallest absolute Gasteiger partial charge is 0.221 e. The molecule has 0 spiro atoms. The van der Waals surface area contributed by atoms with E-state index in [2.05, 4.69) is 29.6 Å². The molecule has 0 aliphatic heterocycles. The number of sulfone groups is 1. The first-order chi connectivity index (χ1) is 11.4. The van der Waals surface area contributed by atoms with Crippen LogP contribution in [0.5, 0.6) is 0 Å². The number of hydrogen-bond acceptors (Lipinski definition) is 3. The lowest BCUT2D eigenvalue weighted by molar-refractivity contribution is -0.120. The summed E-state index contributed by atoms with van der Waals surface area (Å²) in [7, 11) is -3.12. The van der Waals surface area contributed by atoms with Crippen LogP contribution in [0.4, 0.5) is 0 Å². The van der Waals surface area contributed by atoms with E-state index in [0.29, 0.717) is 6.54 Å². The fourth-order valence-corrected chi connectivity index (χ4v) is 3.09. The van der Waals surface area contributed by atoms with Crippen molar-refractivity contribution >= 4 is 15.7 Å². The highest BCUT2D eigenvalue weighted by atomic mass is 32.2. The number of hydrogen-bond donors (Lipinski definition) is 1. The van der Waals surface area contributed by atoms with E-state index < -0.39 is 9.84 Å². The van der Waals surface area contributed by atoms with E-state index in [-0.39, 0.29) is 24.0 Å². The van der Waals surface area contributed by atoms with E-state index in [1.807, 2.05) is 36.4 Å². The molecule has 0 saturated heterocycles. The molecule has 0 radical (unpaired) electrons. The fourth-order valence-electron chi connectivity index (χ4n) is 2.54. The first-order valence-corrected chi connectivity index (χ1v) is 10.0. The number of carbonyl (C=O) groups is 1. The van der Waals surface area contributed by atoms with Crippen LogP contribution in [0.1, 0.15) is 23.5 Å². The highest BCUT2D eigenvalue weighted by molar-refractivity contribution is 7.90. The van der Waals surface area contributed by atoms with Crippen LogP contribution in [0.15, 0.2) is 60.7 Å². The lowest BCUT2D eigenvalue weighted by atomic mass is 9.92. The minimum absolute atomic E-state index is 0.00563. The normalized spacial score (nSPS) is 12.5. The Bertz CT molecular complexity index is 743. The number of carbonyl (C=O) groups excluding carboxylic acids is 1. The molecule has 1 atom stereocenters. The maximum absolute atomic E-state index is 11.9. The maximum atomic E-state index is 11.9. The minimum atomic E-state index is -3.12. The molecule has 0 aliphatic rings. The average molecular weight is 345 g/mol. The molecule has 0 saturated carbocycles. The lowest BCUT2D eigenvalue weighted by Crippen LogP contribution is -2.30. The molecule has 24 heavy (non-hydrogen) atoms. The second kappa shape index (κ2) is 8.64. The van der Waals surface area contributed by atoms with Crippen LogP contribution in [0.25, 0.3) is 0 Å². The van der Waals surface area contributed by atoms with Gasteiger partial charge in [-0.15, -0.1) is 0 Å². The van der Waals surface area contributed by atoms with Gasteiger partial charge in [0, 0.05) is 25.1 Å². The van der Waals surface area contributed by atoms with E-state index in [4.69, 9.17) is 0 Å².